The summed E-state index contributed by atoms with van der Waals surface area (Å²) in [5.74, 6) is 0.514. The zero-order chi connectivity index (χ0) is 17.9. The van der Waals surface area contributed by atoms with Crippen molar-refractivity contribution in [2.75, 3.05) is 23.7 Å². The molecule has 1 aromatic heterocycles. The number of alkyl carbamates (subject to hydrolysis) is 1. The van der Waals surface area contributed by atoms with Crippen molar-refractivity contribution >= 4 is 23.4 Å². The maximum absolute atomic E-state index is 11.8. The highest BCUT2D eigenvalue weighted by Crippen LogP contribution is 2.25. The number of pyridine rings is 1. The van der Waals surface area contributed by atoms with Crippen LogP contribution in [0.4, 0.5) is 22.1 Å². The van der Waals surface area contributed by atoms with Gasteiger partial charge < -0.3 is 20.7 Å². The first-order chi connectivity index (χ1) is 11.2. The van der Waals surface area contributed by atoms with Crippen LogP contribution in [0, 0.1) is 10.1 Å². The lowest BCUT2D eigenvalue weighted by molar-refractivity contribution is -0.384. The van der Waals surface area contributed by atoms with Crippen LogP contribution in [0.15, 0.2) is 12.1 Å². The van der Waals surface area contributed by atoms with E-state index in [2.05, 4.69) is 10.3 Å². The second-order valence-corrected chi connectivity index (χ2v) is 6.74. The van der Waals surface area contributed by atoms with Crippen LogP contribution in [0.5, 0.6) is 0 Å². The third-order valence-electron chi connectivity index (χ3n) is 3.62. The van der Waals surface area contributed by atoms with Crippen molar-refractivity contribution in [2.24, 2.45) is 0 Å². The van der Waals surface area contributed by atoms with Crippen LogP contribution in [0.25, 0.3) is 0 Å². The van der Waals surface area contributed by atoms with E-state index < -0.39 is 16.6 Å². The summed E-state index contributed by atoms with van der Waals surface area (Å²) in [7, 11) is 0. The minimum absolute atomic E-state index is 0.0338. The minimum atomic E-state index is -0.552. The molecular weight excluding hydrogens is 314 g/mol. The second-order valence-electron chi connectivity index (χ2n) is 6.74. The Morgan fingerprint density at radius 3 is 2.54 bits per heavy atom. The van der Waals surface area contributed by atoms with E-state index >= 15 is 0 Å². The average molecular weight is 337 g/mol. The number of hydrogen-bond donors (Lipinski definition) is 2. The van der Waals surface area contributed by atoms with Gasteiger partial charge in [0.15, 0.2) is 0 Å². The first kappa shape index (κ1) is 17.8. The number of nitro groups is 1. The number of aromatic nitrogens is 1. The summed E-state index contributed by atoms with van der Waals surface area (Å²) in [5, 5.41) is 13.6. The predicted molar refractivity (Wildman–Crippen MR) is 89.9 cm³/mol. The Balaban J connectivity index is 1.90. The van der Waals surface area contributed by atoms with Crippen LogP contribution >= 0.6 is 0 Å². The Morgan fingerprint density at radius 2 is 2.04 bits per heavy atom. The van der Waals surface area contributed by atoms with E-state index in [1.807, 2.05) is 25.7 Å². The van der Waals surface area contributed by atoms with E-state index in [1.54, 1.807) is 6.07 Å². The maximum Gasteiger partial charge on any atom is 0.407 e. The molecule has 9 heteroatoms. The lowest BCUT2D eigenvalue weighted by Gasteiger charge is -2.33. The van der Waals surface area contributed by atoms with Crippen LogP contribution in [-0.4, -0.2) is 40.7 Å². The Morgan fingerprint density at radius 1 is 1.42 bits per heavy atom. The van der Waals surface area contributed by atoms with E-state index in [-0.39, 0.29) is 17.5 Å². The zero-order valence-corrected chi connectivity index (χ0v) is 14.1. The van der Waals surface area contributed by atoms with E-state index in [0.29, 0.717) is 18.9 Å². The van der Waals surface area contributed by atoms with E-state index in [9.17, 15) is 14.9 Å². The quantitative estimate of drug-likeness (QED) is 0.639. The highest BCUT2D eigenvalue weighted by molar-refractivity contribution is 5.68. The Kier molecular flexibility index (Phi) is 5.10. The zero-order valence-electron chi connectivity index (χ0n) is 14.1. The number of nitrogens with two attached hydrogens (primary N) is 1. The van der Waals surface area contributed by atoms with Crippen molar-refractivity contribution in [3.8, 4) is 0 Å². The van der Waals surface area contributed by atoms with Crippen LogP contribution in [0.2, 0.25) is 0 Å². The predicted octanol–water partition coefficient (Wildman–Crippen LogP) is 2.07. The number of carbonyl (C=O) groups excluding carboxylic acids is 1. The Bertz CT molecular complexity index is 621. The molecule has 0 unspecified atom stereocenters. The number of nitrogen functional groups attached to an aromatic ring is 1. The molecule has 0 radical (unpaired) electrons. The lowest BCUT2D eigenvalue weighted by Crippen LogP contribution is -2.46. The molecule has 1 amide bonds. The number of nitrogens with zero attached hydrogens (tertiary/aromatic N) is 3. The Hall–Kier alpha value is -2.58. The van der Waals surface area contributed by atoms with Crippen molar-refractivity contribution < 1.29 is 14.5 Å². The minimum Gasteiger partial charge on any atom is -0.444 e. The fourth-order valence-electron chi connectivity index (χ4n) is 2.51. The van der Waals surface area contributed by atoms with E-state index in [4.69, 9.17) is 10.5 Å². The second kappa shape index (κ2) is 6.90. The van der Waals surface area contributed by atoms with E-state index in [0.717, 1.165) is 12.8 Å². The van der Waals surface area contributed by atoms with Crippen molar-refractivity contribution in [1.82, 2.24) is 10.3 Å². The highest BCUT2D eigenvalue weighted by Gasteiger charge is 2.25. The molecule has 1 aliphatic heterocycles. The van der Waals surface area contributed by atoms with Gasteiger partial charge in [0.2, 0.25) is 5.82 Å². The molecule has 2 rings (SSSR count). The Labute approximate surface area is 140 Å². The number of anilines is 2. The van der Waals surface area contributed by atoms with Gasteiger partial charge in [0, 0.05) is 25.2 Å². The van der Waals surface area contributed by atoms with Gasteiger partial charge in [-0.2, -0.15) is 0 Å². The van der Waals surface area contributed by atoms with Gasteiger partial charge in [-0.3, -0.25) is 10.1 Å². The first-order valence-electron chi connectivity index (χ1n) is 7.81. The molecule has 2 heterocycles. The summed E-state index contributed by atoms with van der Waals surface area (Å²) in [5.41, 5.74) is 4.91. The molecule has 1 saturated heterocycles. The number of hydrogen-bond acceptors (Lipinski definition) is 7. The van der Waals surface area contributed by atoms with Crippen LogP contribution in [0.3, 0.4) is 0 Å². The molecule has 0 spiro atoms. The molecule has 0 bridgehead atoms. The summed E-state index contributed by atoms with van der Waals surface area (Å²) >= 11 is 0. The van der Waals surface area contributed by atoms with Crippen molar-refractivity contribution in [1.29, 1.82) is 0 Å². The number of piperidine rings is 1. The molecule has 0 aliphatic carbocycles. The van der Waals surface area contributed by atoms with Crippen molar-refractivity contribution in [3.05, 3.63) is 22.2 Å². The van der Waals surface area contributed by atoms with Crippen molar-refractivity contribution in [2.45, 2.75) is 45.3 Å². The van der Waals surface area contributed by atoms with Crippen LogP contribution < -0.4 is 16.0 Å². The molecular formula is C15H23N5O4. The number of nitrogens with one attached hydrogen (secondary N) is 1. The molecule has 1 fully saturated rings. The average Bonchev–Trinajstić information content (AvgIpc) is 2.45. The largest absolute Gasteiger partial charge is 0.444 e. The molecule has 3 N–H and O–H groups in total. The standard InChI is InChI=1S/C15H23N5O4/c1-15(2,3)24-14(21)17-10-6-8-19(9-7-10)12-5-4-11(20(22)23)13(16)18-12/h4-5,10H,6-9H2,1-3H3,(H2,16,18)(H,17,21). The van der Waals surface area contributed by atoms with Crippen LogP contribution in [0.1, 0.15) is 33.6 Å². The molecule has 0 atom stereocenters. The molecule has 132 valence electrons. The third-order valence-corrected chi connectivity index (χ3v) is 3.62. The highest BCUT2D eigenvalue weighted by atomic mass is 16.6. The number of rotatable bonds is 3. The number of amides is 1. The van der Waals surface area contributed by atoms with E-state index in [1.165, 1.54) is 6.07 Å². The summed E-state index contributed by atoms with van der Waals surface area (Å²) in [6, 6.07) is 2.99. The lowest BCUT2D eigenvalue weighted by atomic mass is 10.1. The molecule has 1 aromatic rings. The molecule has 0 aromatic carbocycles. The summed E-state index contributed by atoms with van der Waals surface area (Å²) in [4.78, 5) is 28.1. The van der Waals surface area contributed by atoms with Gasteiger partial charge in [0.25, 0.3) is 0 Å². The number of ether oxygens (including phenoxy) is 1. The van der Waals surface area contributed by atoms with Gasteiger partial charge in [-0.15, -0.1) is 0 Å². The van der Waals surface area contributed by atoms with Crippen LogP contribution in [-0.2, 0) is 4.74 Å². The van der Waals surface area contributed by atoms with Gasteiger partial charge in [0.1, 0.15) is 11.4 Å². The molecule has 0 saturated carbocycles. The smallest absolute Gasteiger partial charge is 0.407 e. The fourth-order valence-corrected chi connectivity index (χ4v) is 2.51. The van der Waals surface area contributed by atoms with Gasteiger partial charge >= 0.3 is 11.8 Å². The van der Waals surface area contributed by atoms with Gasteiger partial charge in [-0.05, 0) is 39.7 Å². The topological polar surface area (TPSA) is 124 Å². The van der Waals surface area contributed by atoms with Gasteiger partial charge in [-0.1, -0.05) is 0 Å². The molecule has 9 nitrogen and oxygen atoms in total. The summed E-state index contributed by atoms with van der Waals surface area (Å²) < 4.78 is 5.25. The first-order valence-corrected chi connectivity index (χ1v) is 7.81. The monoisotopic (exact) mass is 337 g/mol. The van der Waals surface area contributed by atoms with Gasteiger partial charge in [0.05, 0.1) is 4.92 Å². The summed E-state index contributed by atoms with van der Waals surface area (Å²) in [6.07, 6.45) is 1.05. The molecule has 1 aliphatic rings. The SMILES string of the molecule is CC(C)(C)OC(=O)NC1CCN(c2ccc([N+](=O)[O-])c(N)n2)CC1. The molecule has 24 heavy (non-hydrogen) atoms. The van der Waals surface area contributed by atoms with Crippen molar-refractivity contribution in [3.63, 3.8) is 0 Å². The number of carbonyl (C=O) groups is 1. The maximum atomic E-state index is 11.8. The fraction of sp³-hybridized carbons (Fsp3) is 0.600. The normalized spacial score (nSPS) is 15.9. The van der Waals surface area contributed by atoms with Gasteiger partial charge in [-0.25, -0.2) is 9.78 Å². The third kappa shape index (κ3) is 4.71. The summed E-state index contributed by atoms with van der Waals surface area (Å²) in [6.45, 7) is 6.80.